The van der Waals surface area contributed by atoms with Crippen LogP contribution in [0, 0.1) is 0 Å². The first-order chi connectivity index (χ1) is 10.5. The lowest BCUT2D eigenvalue weighted by molar-refractivity contribution is -0.141. The quantitative estimate of drug-likeness (QED) is 0.943. The topological polar surface area (TPSA) is 49.7 Å². The lowest BCUT2D eigenvalue weighted by Crippen LogP contribution is -2.36. The largest absolute Gasteiger partial charge is 0.435 e. The van der Waals surface area contributed by atoms with Gasteiger partial charge in [-0.25, -0.2) is 0 Å². The standard InChI is InChI=1S/C14H18F3N5/c15-14(16,17)13-9-12(19-20-13)11-3-1-5-21(10-11)7-8-22-6-2-4-18-22/h2,4,6,9,11H,1,3,5,7-8,10H2,(H,19,20). The molecule has 1 fully saturated rings. The summed E-state index contributed by atoms with van der Waals surface area (Å²) in [6.07, 6.45) is 1.12. The monoisotopic (exact) mass is 313 g/mol. The Labute approximate surface area is 126 Å². The van der Waals surface area contributed by atoms with Crippen molar-refractivity contribution in [3.63, 3.8) is 0 Å². The average Bonchev–Trinajstić information content (AvgIpc) is 3.16. The van der Waals surface area contributed by atoms with E-state index in [1.54, 1.807) is 6.20 Å². The molecule has 1 atom stereocenters. The molecule has 22 heavy (non-hydrogen) atoms. The molecule has 2 aromatic heterocycles. The molecule has 2 aromatic rings. The first-order valence-electron chi connectivity index (χ1n) is 7.34. The Balaban J connectivity index is 1.59. The van der Waals surface area contributed by atoms with Crippen LogP contribution in [0.15, 0.2) is 24.5 Å². The third-order valence-electron chi connectivity index (χ3n) is 4.04. The minimum Gasteiger partial charge on any atom is -0.301 e. The molecule has 3 rings (SSSR count). The zero-order valence-electron chi connectivity index (χ0n) is 12.1. The van der Waals surface area contributed by atoms with Crippen LogP contribution in [-0.4, -0.2) is 44.5 Å². The van der Waals surface area contributed by atoms with Gasteiger partial charge in [-0.2, -0.15) is 23.4 Å². The highest BCUT2D eigenvalue weighted by atomic mass is 19.4. The van der Waals surface area contributed by atoms with Gasteiger partial charge in [0, 0.05) is 37.1 Å². The Bertz CT molecular complexity index is 590. The van der Waals surface area contributed by atoms with Gasteiger partial charge in [-0.05, 0) is 31.5 Å². The zero-order valence-corrected chi connectivity index (χ0v) is 12.1. The van der Waals surface area contributed by atoms with Gasteiger partial charge in [-0.3, -0.25) is 9.78 Å². The normalized spacial score (nSPS) is 20.4. The summed E-state index contributed by atoms with van der Waals surface area (Å²) in [4.78, 5) is 2.27. The Hall–Kier alpha value is -1.83. The molecule has 1 unspecified atom stereocenters. The summed E-state index contributed by atoms with van der Waals surface area (Å²) in [7, 11) is 0. The van der Waals surface area contributed by atoms with Crippen molar-refractivity contribution in [2.75, 3.05) is 19.6 Å². The van der Waals surface area contributed by atoms with Gasteiger partial charge in [0.2, 0.25) is 0 Å². The molecule has 5 nitrogen and oxygen atoms in total. The van der Waals surface area contributed by atoms with Crippen molar-refractivity contribution < 1.29 is 13.2 Å². The third kappa shape index (κ3) is 3.49. The Morgan fingerprint density at radius 2 is 2.18 bits per heavy atom. The molecular formula is C14H18F3N5. The molecule has 0 aromatic carbocycles. The van der Waals surface area contributed by atoms with Crippen LogP contribution in [0.5, 0.6) is 0 Å². The number of piperidine rings is 1. The number of likely N-dealkylation sites (tertiary alicyclic amines) is 1. The van der Waals surface area contributed by atoms with E-state index in [4.69, 9.17) is 0 Å². The van der Waals surface area contributed by atoms with E-state index < -0.39 is 11.9 Å². The molecule has 1 saturated heterocycles. The second kappa shape index (κ2) is 6.12. The van der Waals surface area contributed by atoms with Crippen molar-refractivity contribution in [1.82, 2.24) is 24.9 Å². The fourth-order valence-corrected chi connectivity index (χ4v) is 2.88. The van der Waals surface area contributed by atoms with Gasteiger partial charge in [0.05, 0.1) is 6.54 Å². The van der Waals surface area contributed by atoms with Crippen molar-refractivity contribution in [2.45, 2.75) is 31.5 Å². The molecule has 3 heterocycles. The number of rotatable bonds is 4. The molecule has 1 aliphatic heterocycles. The third-order valence-corrected chi connectivity index (χ3v) is 4.04. The highest BCUT2D eigenvalue weighted by molar-refractivity contribution is 5.16. The highest BCUT2D eigenvalue weighted by Crippen LogP contribution is 2.31. The summed E-state index contributed by atoms with van der Waals surface area (Å²) in [5.74, 6) is 0.0787. The Kier molecular flexibility index (Phi) is 4.19. The molecular weight excluding hydrogens is 295 g/mol. The van der Waals surface area contributed by atoms with Gasteiger partial charge >= 0.3 is 6.18 Å². The fraction of sp³-hybridized carbons (Fsp3) is 0.571. The molecule has 0 radical (unpaired) electrons. The second-order valence-corrected chi connectivity index (χ2v) is 5.62. The van der Waals surface area contributed by atoms with Crippen LogP contribution in [0.4, 0.5) is 13.2 Å². The molecule has 0 saturated carbocycles. The summed E-state index contributed by atoms with van der Waals surface area (Å²) < 4.78 is 39.7. The van der Waals surface area contributed by atoms with Crippen LogP contribution in [0.25, 0.3) is 0 Å². The molecule has 1 N–H and O–H groups in total. The van der Waals surface area contributed by atoms with E-state index in [1.165, 1.54) is 0 Å². The minimum atomic E-state index is -4.39. The lowest BCUT2D eigenvalue weighted by atomic mass is 9.94. The number of aromatic nitrogens is 4. The van der Waals surface area contributed by atoms with Gasteiger partial charge in [0.25, 0.3) is 0 Å². The number of aromatic amines is 1. The van der Waals surface area contributed by atoms with Crippen molar-refractivity contribution >= 4 is 0 Å². The van der Waals surface area contributed by atoms with Gasteiger partial charge in [-0.15, -0.1) is 0 Å². The number of alkyl halides is 3. The van der Waals surface area contributed by atoms with Gasteiger partial charge in [-0.1, -0.05) is 0 Å². The lowest BCUT2D eigenvalue weighted by Gasteiger charge is -2.32. The van der Waals surface area contributed by atoms with Crippen LogP contribution >= 0.6 is 0 Å². The first-order valence-corrected chi connectivity index (χ1v) is 7.34. The van der Waals surface area contributed by atoms with E-state index in [-0.39, 0.29) is 5.92 Å². The number of H-pyrrole nitrogens is 1. The van der Waals surface area contributed by atoms with E-state index in [9.17, 15) is 13.2 Å². The van der Waals surface area contributed by atoms with E-state index in [1.807, 2.05) is 16.9 Å². The van der Waals surface area contributed by atoms with Crippen LogP contribution < -0.4 is 0 Å². The fourth-order valence-electron chi connectivity index (χ4n) is 2.88. The Morgan fingerprint density at radius 1 is 1.32 bits per heavy atom. The number of hydrogen-bond donors (Lipinski definition) is 1. The zero-order chi connectivity index (χ0) is 15.6. The van der Waals surface area contributed by atoms with Crippen molar-refractivity contribution in [2.24, 2.45) is 0 Å². The maximum Gasteiger partial charge on any atom is 0.435 e. The average molecular weight is 313 g/mol. The predicted octanol–water partition coefficient (Wildman–Crippen LogP) is 2.50. The summed E-state index contributed by atoms with van der Waals surface area (Å²) in [5.41, 5.74) is -0.257. The number of hydrogen-bond acceptors (Lipinski definition) is 3. The maximum atomic E-state index is 12.6. The van der Waals surface area contributed by atoms with E-state index in [0.717, 1.165) is 45.1 Å². The van der Waals surface area contributed by atoms with Crippen molar-refractivity contribution in [3.8, 4) is 0 Å². The minimum absolute atomic E-state index is 0.0787. The first kappa shape index (κ1) is 15.1. The number of halogens is 3. The van der Waals surface area contributed by atoms with Gasteiger partial charge in [0.15, 0.2) is 5.69 Å². The summed E-state index contributed by atoms with van der Waals surface area (Å²) in [5, 5.41) is 10.1. The second-order valence-electron chi connectivity index (χ2n) is 5.62. The summed E-state index contributed by atoms with van der Waals surface area (Å²) in [6, 6.07) is 3.02. The van der Waals surface area contributed by atoms with E-state index in [2.05, 4.69) is 20.2 Å². The predicted molar refractivity (Wildman–Crippen MR) is 74.2 cm³/mol. The van der Waals surface area contributed by atoms with Crippen molar-refractivity contribution in [1.29, 1.82) is 0 Å². The van der Waals surface area contributed by atoms with E-state index >= 15 is 0 Å². The SMILES string of the molecule is FC(F)(F)c1cc(C2CCCN(CCn3cccn3)C2)[nH]n1. The van der Waals surface area contributed by atoms with Crippen molar-refractivity contribution in [3.05, 3.63) is 35.9 Å². The van der Waals surface area contributed by atoms with Crippen LogP contribution in [0.3, 0.4) is 0 Å². The smallest absolute Gasteiger partial charge is 0.301 e. The summed E-state index contributed by atoms with van der Waals surface area (Å²) in [6.45, 7) is 3.35. The van der Waals surface area contributed by atoms with Gasteiger partial charge < -0.3 is 4.90 Å². The summed E-state index contributed by atoms with van der Waals surface area (Å²) >= 11 is 0. The molecule has 0 bridgehead atoms. The van der Waals surface area contributed by atoms with Crippen LogP contribution in [0.1, 0.15) is 30.1 Å². The Morgan fingerprint density at radius 3 is 2.86 bits per heavy atom. The van der Waals surface area contributed by atoms with Crippen LogP contribution in [0.2, 0.25) is 0 Å². The number of nitrogens with one attached hydrogen (secondary N) is 1. The highest BCUT2D eigenvalue weighted by Gasteiger charge is 2.35. The molecule has 0 amide bonds. The van der Waals surface area contributed by atoms with Crippen LogP contribution in [-0.2, 0) is 12.7 Å². The maximum absolute atomic E-state index is 12.6. The van der Waals surface area contributed by atoms with E-state index in [0.29, 0.717) is 5.69 Å². The molecule has 0 spiro atoms. The molecule has 120 valence electrons. The molecule has 0 aliphatic carbocycles. The number of nitrogens with zero attached hydrogens (tertiary/aromatic N) is 4. The van der Waals surface area contributed by atoms with Gasteiger partial charge in [0.1, 0.15) is 0 Å². The molecule has 8 heteroatoms. The molecule has 1 aliphatic rings.